The standard InChI is InChI=1S/C17H36N4/c1-5-6-7-8-11-19-17(18-4)20-13-16-10-9-12-21(14-16)15(2)3/h15-16H,5-14H2,1-4H3,(H2,18,19,20). The number of unbranched alkanes of at least 4 members (excludes halogenated alkanes) is 3. The van der Waals surface area contributed by atoms with Crippen LogP contribution in [0.15, 0.2) is 4.99 Å². The van der Waals surface area contributed by atoms with Gasteiger partial charge in [0, 0.05) is 32.7 Å². The first kappa shape index (κ1) is 18.3. The third-order valence-corrected chi connectivity index (χ3v) is 4.39. The van der Waals surface area contributed by atoms with Gasteiger partial charge in [-0.3, -0.25) is 4.99 Å². The summed E-state index contributed by atoms with van der Waals surface area (Å²) in [6.45, 7) is 11.4. The maximum absolute atomic E-state index is 4.33. The molecule has 1 aliphatic rings. The number of guanidine groups is 1. The second-order valence-electron chi connectivity index (χ2n) is 6.54. The van der Waals surface area contributed by atoms with Crippen LogP contribution in [-0.2, 0) is 0 Å². The summed E-state index contributed by atoms with van der Waals surface area (Å²) in [6.07, 6.45) is 7.84. The first-order valence-corrected chi connectivity index (χ1v) is 8.86. The van der Waals surface area contributed by atoms with Crippen LogP contribution in [0.1, 0.15) is 59.3 Å². The van der Waals surface area contributed by atoms with E-state index in [9.17, 15) is 0 Å². The molecule has 124 valence electrons. The van der Waals surface area contributed by atoms with Gasteiger partial charge in [-0.2, -0.15) is 0 Å². The smallest absolute Gasteiger partial charge is 0.190 e. The van der Waals surface area contributed by atoms with E-state index in [4.69, 9.17) is 0 Å². The number of hydrogen-bond acceptors (Lipinski definition) is 2. The molecular weight excluding hydrogens is 260 g/mol. The average molecular weight is 297 g/mol. The van der Waals surface area contributed by atoms with Crippen LogP contribution in [0.4, 0.5) is 0 Å². The lowest BCUT2D eigenvalue weighted by molar-refractivity contribution is 0.141. The van der Waals surface area contributed by atoms with Gasteiger partial charge in [0.05, 0.1) is 0 Å². The van der Waals surface area contributed by atoms with Crippen LogP contribution in [0.2, 0.25) is 0 Å². The Bertz CT molecular complexity index is 289. The van der Waals surface area contributed by atoms with Gasteiger partial charge in [0.2, 0.25) is 0 Å². The largest absolute Gasteiger partial charge is 0.356 e. The highest BCUT2D eigenvalue weighted by Crippen LogP contribution is 2.17. The molecule has 4 nitrogen and oxygen atoms in total. The predicted octanol–water partition coefficient (Wildman–Crippen LogP) is 2.85. The van der Waals surface area contributed by atoms with Crippen LogP contribution in [0, 0.1) is 5.92 Å². The zero-order chi connectivity index (χ0) is 15.5. The number of likely N-dealkylation sites (tertiary alicyclic amines) is 1. The highest BCUT2D eigenvalue weighted by molar-refractivity contribution is 5.79. The third kappa shape index (κ3) is 7.70. The molecule has 1 atom stereocenters. The second kappa shape index (κ2) is 10.9. The molecular formula is C17H36N4. The molecule has 1 rings (SSSR count). The van der Waals surface area contributed by atoms with Crippen LogP contribution in [0.3, 0.4) is 0 Å². The number of nitrogens with one attached hydrogen (secondary N) is 2. The Kier molecular flexibility index (Phi) is 9.48. The van der Waals surface area contributed by atoms with E-state index in [2.05, 4.69) is 41.3 Å². The van der Waals surface area contributed by atoms with Gasteiger partial charge in [0.1, 0.15) is 0 Å². The molecule has 0 aromatic rings. The van der Waals surface area contributed by atoms with Gasteiger partial charge in [-0.1, -0.05) is 26.2 Å². The van der Waals surface area contributed by atoms with Crippen molar-refractivity contribution in [2.24, 2.45) is 10.9 Å². The number of rotatable bonds is 8. The van der Waals surface area contributed by atoms with Gasteiger partial charge in [-0.05, 0) is 45.6 Å². The first-order valence-electron chi connectivity index (χ1n) is 8.86. The lowest BCUT2D eigenvalue weighted by Crippen LogP contribution is -2.46. The molecule has 0 saturated carbocycles. The molecule has 1 aliphatic heterocycles. The summed E-state index contributed by atoms with van der Waals surface area (Å²) < 4.78 is 0. The zero-order valence-corrected chi connectivity index (χ0v) is 14.6. The Morgan fingerprint density at radius 3 is 2.71 bits per heavy atom. The molecule has 1 unspecified atom stereocenters. The molecule has 21 heavy (non-hydrogen) atoms. The van der Waals surface area contributed by atoms with Gasteiger partial charge >= 0.3 is 0 Å². The predicted molar refractivity (Wildman–Crippen MR) is 92.9 cm³/mol. The first-order chi connectivity index (χ1) is 10.2. The maximum Gasteiger partial charge on any atom is 0.190 e. The highest BCUT2D eigenvalue weighted by atomic mass is 15.2. The molecule has 0 aromatic heterocycles. The average Bonchev–Trinajstić information content (AvgIpc) is 2.50. The quantitative estimate of drug-likeness (QED) is 0.411. The van der Waals surface area contributed by atoms with Crippen molar-refractivity contribution in [3.63, 3.8) is 0 Å². The van der Waals surface area contributed by atoms with E-state index in [0.717, 1.165) is 25.0 Å². The summed E-state index contributed by atoms with van der Waals surface area (Å²) in [5.41, 5.74) is 0. The third-order valence-electron chi connectivity index (χ3n) is 4.39. The van der Waals surface area contributed by atoms with E-state index < -0.39 is 0 Å². The Morgan fingerprint density at radius 2 is 2.05 bits per heavy atom. The van der Waals surface area contributed by atoms with E-state index in [0.29, 0.717) is 6.04 Å². The Balaban J connectivity index is 2.19. The van der Waals surface area contributed by atoms with Crippen molar-refractivity contribution in [3.8, 4) is 0 Å². The van der Waals surface area contributed by atoms with Crippen molar-refractivity contribution < 1.29 is 0 Å². The Labute approximate surface area is 131 Å². The number of hydrogen-bond donors (Lipinski definition) is 2. The summed E-state index contributed by atoms with van der Waals surface area (Å²) in [6, 6.07) is 0.670. The Hall–Kier alpha value is -0.770. The molecule has 0 bridgehead atoms. The van der Waals surface area contributed by atoms with Crippen LogP contribution in [0.25, 0.3) is 0 Å². The lowest BCUT2D eigenvalue weighted by Gasteiger charge is -2.35. The number of piperidine rings is 1. The van der Waals surface area contributed by atoms with Crippen molar-refractivity contribution in [3.05, 3.63) is 0 Å². The molecule has 1 heterocycles. The lowest BCUT2D eigenvalue weighted by atomic mass is 9.97. The van der Waals surface area contributed by atoms with E-state index in [1.54, 1.807) is 0 Å². The highest BCUT2D eigenvalue weighted by Gasteiger charge is 2.21. The minimum Gasteiger partial charge on any atom is -0.356 e. The number of nitrogens with zero attached hydrogens (tertiary/aromatic N) is 2. The van der Waals surface area contributed by atoms with Crippen molar-refractivity contribution in [2.45, 2.75) is 65.3 Å². The molecule has 0 aliphatic carbocycles. The fraction of sp³-hybridized carbons (Fsp3) is 0.941. The Morgan fingerprint density at radius 1 is 1.24 bits per heavy atom. The van der Waals surface area contributed by atoms with Crippen LogP contribution in [0.5, 0.6) is 0 Å². The minimum absolute atomic E-state index is 0.670. The zero-order valence-electron chi connectivity index (χ0n) is 14.6. The summed E-state index contributed by atoms with van der Waals surface area (Å²) >= 11 is 0. The summed E-state index contributed by atoms with van der Waals surface area (Å²) in [7, 11) is 1.86. The molecule has 0 aromatic carbocycles. The monoisotopic (exact) mass is 296 g/mol. The van der Waals surface area contributed by atoms with Crippen LogP contribution < -0.4 is 10.6 Å². The van der Waals surface area contributed by atoms with Crippen molar-refractivity contribution in [1.82, 2.24) is 15.5 Å². The van der Waals surface area contributed by atoms with Crippen molar-refractivity contribution in [1.29, 1.82) is 0 Å². The van der Waals surface area contributed by atoms with E-state index >= 15 is 0 Å². The molecule has 2 N–H and O–H groups in total. The van der Waals surface area contributed by atoms with Gasteiger partial charge in [-0.15, -0.1) is 0 Å². The molecule has 0 amide bonds. The molecule has 1 fully saturated rings. The topological polar surface area (TPSA) is 39.7 Å². The molecule has 1 saturated heterocycles. The van der Waals surface area contributed by atoms with Gasteiger partial charge in [-0.25, -0.2) is 0 Å². The van der Waals surface area contributed by atoms with E-state index in [-0.39, 0.29) is 0 Å². The van der Waals surface area contributed by atoms with E-state index in [1.165, 1.54) is 51.6 Å². The van der Waals surface area contributed by atoms with E-state index in [1.807, 2.05) is 7.05 Å². The summed E-state index contributed by atoms with van der Waals surface area (Å²) in [5, 5.41) is 6.93. The fourth-order valence-electron chi connectivity index (χ4n) is 2.95. The molecule has 4 heteroatoms. The second-order valence-corrected chi connectivity index (χ2v) is 6.54. The fourth-order valence-corrected chi connectivity index (χ4v) is 2.95. The van der Waals surface area contributed by atoms with Gasteiger partial charge in [0.25, 0.3) is 0 Å². The van der Waals surface area contributed by atoms with Crippen molar-refractivity contribution in [2.75, 3.05) is 33.2 Å². The van der Waals surface area contributed by atoms with Crippen molar-refractivity contribution >= 4 is 5.96 Å². The molecule has 0 radical (unpaired) electrons. The van der Waals surface area contributed by atoms with Gasteiger partial charge in [0.15, 0.2) is 5.96 Å². The SMILES string of the molecule is CCCCCCNC(=NC)NCC1CCCN(C(C)C)C1. The molecule has 0 spiro atoms. The summed E-state index contributed by atoms with van der Waals surface area (Å²) in [5.74, 6) is 1.72. The van der Waals surface area contributed by atoms with Crippen LogP contribution in [-0.4, -0.2) is 50.1 Å². The minimum atomic E-state index is 0.670. The number of aliphatic imine (C=N–C) groups is 1. The normalized spacial score (nSPS) is 20.8. The van der Waals surface area contributed by atoms with Crippen LogP contribution >= 0.6 is 0 Å². The summed E-state index contributed by atoms with van der Waals surface area (Å²) in [4.78, 5) is 6.92. The van der Waals surface area contributed by atoms with Gasteiger partial charge < -0.3 is 15.5 Å². The maximum atomic E-state index is 4.33.